The van der Waals surface area contributed by atoms with Gasteiger partial charge in [-0.15, -0.1) is 0 Å². The minimum atomic E-state index is -0.576. The molecule has 0 bridgehead atoms. The maximum atomic E-state index is 9.54. The summed E-state index contributed by atoms with van der Waals surface area (Å²) in [6, 6.07) is 41.7. The minimum Gasteiger partial charge on any atom is -0.337 e. The van der Waals surface area contributed by atoms with E-state index in [2.05, 4.69) is 6.07 Å². The Balaban J connectivity index is 1.22. The summed E-state index contributed by atoms with van der Waals surface area (Å²) in [6.45, 7) is -0.390. The molecule has 0 atom stereocenters. The Morgan fingerprint density at radius 1 is 0.365 bits per heavy atom. The van der Waals surface area contributed by atoms with Crippen molar-refractivity contribution in [1.82, 2.24) is 0 Å². The molecule has 52 heavy (non-hydrogen) atoms. The predicted octanol–water partition coefficient (Wildman–Crippen LogP) is 14.0. The molecule has 9 aromatic rings. The molecule has 0 spiro atoms. The smallest absolute Gasteiger partial charge is 0.0645 e. The highest BCUT2D eigenvalue weighted by Crippen LogP contribution is 2.36. The molecule has 0 amide bonds. The number of benzene rings is 9. The maximum absolute atomic E-state index is 9.54. The third-order valence-electron chi connectivity index (χ3n) is 9.32. The molecular formula is C51H37N. The van der Waals surface area contributed by atoms with E-state index < -0.39 is 42.3 Å². The van der Waals surface area contributed by atoms with E-state index >= 15 is 0 Å². The van der Waals surface area contributed by atoms with Crippen LogP contribution in [0.1, 0.15) is 20.6 Å². The van der Waals surface area contributed by atoms with Gasteiger partial charge < -0.3 is 4.90 Å². The summed E-state index contributed by atoms with van der Waals surface area (Å²) in [7, 11) is 0. The first-order chi connectivity index (χ1) is 30.3. The van der Waals surface area contributed by atoms with Gasteiger partial charge >= 0.3 is 0 Å². The second-order valence-electron chi connectivity index (χ2n) is 12.5. The van der Waals surface area contributed by atoms with E-state index in [-0.39, 0.29) is 58.3 Å². The van der Waals surface area contributed by atoms with Crippen LogP contribution in [0.3, 0.4) is 0 Å². The monoisotopic (exact) mass is 674 g/mol. The van der Waals surface area contributed by atoms with Crippen LogP contribution >= 0.6 is 0 Å². The number of fused-ring (bicyclic) bond motifs is 2. The second kappa shape index (κ2) is 13.9. The molecule has 0 radical (unpaired) electrons. The van der Waals surface area contributed by atoms with Gasteiger partial charge in [-0.05, 0) is 108 Å². The zero-order valence-electron chi connectivity index (χ0n) is 39.0. The summed E-state index contributed by atoms with van der Waals surface area (Å²) in [4.78, 5) is 1.50. The molecule has 0 aliphatic carbocycles. The van der Waals surface area contributed by atoms with Crippen molar-refractivity contribution in [3.8, 4) is 44.5 Å². The molecule has 246 valence electrons. The van der Waals surface area contributed by atoms with Crippen molar-refractivity contribution in [1.29, 1.82) is 0 Å². The lowest BCUT2D eigenvalue weighted by Gasteiger charge is -2.26. The summed E-state index contributed by atoms with van der Waals surface area (Å²) < 4.78 is 98.9. The van der Waals surface area contributed by atoms with Crippen molar-refractivity contribution in [2.24, 2.45) is 0 Å². The number of nitrogens with zero attached hydrogens (tertiary/aromatic N) is 1. The lowest BCUT2D eigenvalue weighted by Crippen LogP contribution is -2.16. The molecule has 0 fully saturated rings. The molecule has 0 saturated carbocycles. The lowest BCUT2D eigenvalue weighted by molar-refractivity contribution is 0.985. The number of hydrogen-bond donors (Lipinski definition) is 0. The second-order valence-corrected chi connectivity index (χ2v) is 12.5. The fourth-order valence-corrected chi connectivity index (χ4v) is 6.69. The van der Waals surface area contributed by atoms with Crippen molar-refractivity contribution < 1.29 is 15.1 Å². The normalized spacial score (nSPS) is 14.1. The topological polar surface area (TPSA) is 3.24 Å². The van der Waals surface area contributed by atoms with Gasteiger partial charge in [0.05, 0.1) is 15.1 Å². The lowest BCUT2D eigenvalue weighted by atomic mass is 9.95. The standard InChI is InChI=1S/C51H37N/c1-2-12-37(13-3-1)42-18-9-19-43(34-42)38-26-30-47(31-27-38)52(36-46-22-8-16-40-14-4-6-23-49(40)46)48-32-28-39(29-33-48)44-20-10-21-45(35-44)51-25-11-17-41-15-5-7-24-50(41)51/h1-35H,36H2/i4D,6D,8D,14D,16D,22D,23D,28D,29D,32D,33D. The van der Waals surface area contributed by atoms with E-state index in [4.69, 9.17) is 9.60 Å². The number of hydrogen-bond acceptors (Lipinski definition) is 1. The Bertz CT molecular complexity index is 3240. The summed E-state index contributed by atoms with van der Waals surface area (Å²) in [6.07, 6.45) is 0. The van der Waals surface area contributed by atoms with Crippen LogP contribution in [0.5, 0.6) is 0 Å². The van der Waals surface area contributed by atoms with Gasteiger partial charge in [0.25, 0.3) is 0 Å². The minimum absolute atomic E-state index is 0.0265. The third kappa shape index (κ3) is 6.25. The van der Waals surface area contributed by atoms with Crippen LogP contribution in [0.2, 0.25) is 0 Å². The third-order valence-corrected chi connectivity index (χ3v) is 9.32. The molecule has 9 aromatic carbocycles. The first-order valence-electron chi connectivity index (χ1n) is 22.6. The molecule has 0 aliphatic rings. The Kier molecular flexibility index (Phi) is 5.75. The van der Waals surface area contributed by atoms with Crippen LogP contribution in [0.15, 0.2) is 212 Å². The highest BCUT2D eigenvalue weighted by Gasteiger charge is 2.14. The molecule has 9 rings (SSSR count). The van der Waals surface area contributed by atoms with Gasteiger partial charge in [-0.2, -0.15) is 0 Å². The van der Waals surface area contributed by atoms with Gasteiger partial charge in [-0.25, -0.2) is 0 Å². The van der Waals surface area contributed by atoms with Crippen molar-refractivity contribution in [3.63, 3.8) is 0 Å². The number of rotatable bonds is 8. The van der Waals surface area contributed by atoms with Crippen molar-refractivity contribution >= 4 is 32.9 Å². The van der Waals surface area contributed by atoms with E-state index in [9.17, 15) is 5.48 Å². The van der Waals surface area contributed by atoms with Gasteiger partial charge in [0.1, 0.15) is 0 Å². The molecule has 0 N–H and O–H groups in total. The Morgan fingerprint density at radius 3 is 1.77 bits per heavy atom. The van der Waals surface area contributed by atoms with E-state index in [1.165, 1.54) is 4.90 Å². The molecule has 0 aliphatic heterocycles. The quantitative estimate of drug-likeness (QED) is 0.155. The average Bonchev–Trinajstić information content (AvgIpc) is 3.32. The molecule has 1 nitrogen and oxygen atoms in total. The summed E-state index contributed by atoms with van der Waals surface area (Å²) >= 11 is 0. The van der Waals surface area contributed by atoms with Crippen LogP contribution < -0.4 is 4.90 Å². The zero-order chi connectivity index (χ0) is 44.3. The van der Waals surface area contributed by atoms with Crippen LogP contribution in [0.25, 0.3) is 66.1 Å². The Morgan fingerprint density at radius 2 is 0.962 bits per heavy atom. The van der Waals surface area contributed by atoms with Crippen molar-refractivity contribution in [2.45, 2.75) is 6.54 Å². The summed E-state index contributed by atoms with van der Waals surface area (Å²) in [5, 5.41) is 1.74. The van der Waals surface area contributed by atoms with E-state index in [1.54, 1.807) is 18.2 Å². The first-order valence-corrected chi connectivity index (χ1v) is 17.1. The van der Waals surface area contributed by atoms with Crippen LogP contribution in [0.4, 0.5) is 11.4 Å². The Labute approximate surface area is 321 Å². The van der Waals surface area contributed by atoms with Crippen LogP contribution in [-0.2, 0) is 6.54 Å². The molecule has 0 unspecified atom stereocenters. The molecule has 0 heterocycles. The van der Waals surface area contributed by atoms with Gasteiger partial charge in [0.15, 0.2) is 0 Å². The number of anilines is 2. The molecule has 0 aromatic heterocycles. The van der Waals surface area contributed by atoms with Crippen LogP contribution in [0, 0.1) is 0 Å². The van der Waals surface area contributed by atoms with Gasteiger partial charge in [-0.1, -0.05) is 176 Å². The average molecular weight is 675 g/mol. The largest absolute Gasteiger partial charge is 0.337 e. The first kappa shape index (κ1) is 21.5. The summed E-state index contributed by atoms with van der Waals surface area (Å²) in [5.41, 5.74) is 6.46. The molecule has 0 saturated heterocycles. The highest BCUT2D eigenvalue weighted by molar-refractivity contribution is 5.97. The van der Waals surface area contributed by atoms with E-state index in [0.717, 1.165) is 44.2 Å². The van der Waals surface area contributed by atoms with Crippen LogP contribution in [-0.4, -0.2) is 0 Å². The summed E-state index contributed by atoms with van der Waals surface area (Å²) in [5.74, 6) is 0. The Hall–Kier alpha value is -6.70. The van der Waals surface area contributed by atoms with Gasteiger partial charge in [0, 0.05) is 17.9 Å². The predicted molar refractivity (Wildman–Crippen MR) is 222 cm³/mol. The maximum Gasteiger partial charge on any atom is 0.0645 e. The fourth-order valence-electron chi connectivity index (χ4n) is 6.69. The van der Waals surface area contributed by atoms with Gasteiger partial charge in [0.2, 0.25) is 0 Å². The molecular weight excluding hydrogens is 627 g/mol. The van der Waals surface area contributed by atoms with E-state index in [1.807, 2.05) is 121 Å². The SMILES string of the molecule is [2H]c1c([2H])c(N(Cc2c([2H])c([2H])c([2H])c3c([2H])c([2H])c([2H])c([2H])c23)c2ccc(-c3cccc(-c4ccccc4)c3)cc2)c([2H])c([2H])c1-c1cccc(-c2cccc3ccccc23)c1. The van der Waals surface area contributed by atoms with Gasteiger partial charge in [-0.3, -0.25) is 0 Å². The van der Waals surface area contributed by atoms with Crippen molar-refractivity contribution in [3.05, 3.63) is 218 Å². The van der Waals surface area contributed by atoms with Crippen molar-refractivity contribution in [2.75, 3.05) is 4.90 Å². The molecule has 1 heteroatoms. The zero-order valence-corrected chi connectivity index (χ0v) is 28.0. The van der Waals surface area contributed by atoms with E-state index in [0.29, 0.717) is 11.3 Å². The highest BCUT2D eigenvalue weighted by atomic mass is 15.1. The fraction of sp³-hybridized carbons (Fsp3) is 0.0196.